The molecule has 3 aromatic rings. The molecule has 0 spiro atoms. The third-order valence-electron chi connectivity index (χ3n) is 3.47. The molecule has 0 aliphatic heterocycles. The third-order valence-corrected chi connectivity index (χ3v) is 4.33. The maximum Gasteiger partial charge on any atom is 0.342 e. The number of nitrogens with zero attached hydrogens (tertiary/aromatic N) is 1. The van der Waals surface area contributed by atoms with Crippen LogP contribution in [0, 0.1) is 0 Å². The molecule has 0 unspecified atom stereocenters. The SMILES string of the molecule is CCOc1ccc(/C=C(/Sc2nc3ccccc3o2)C(=O)O)cc1OC. The average Bonchev–Trinajstić information content (AvgIpc) is 3.04. The number of carbonyl (C=O) groups is 1. The molecule has 0 saturated carbocycles. The topological polar surface area (TPSA) is 81.8 Å². The van der Waals surface area contributed by atoms with Gasteiger partial charge in [-0.2, -0.15) is 0 Å². The second-order valence-electron chi connectivity index (χ2n) is 5.21. The van der Waals surface area contributed by atoms with E-state index in [1.54, 1.807) is 30.3 Å². The first-order valence-corrected chi connectivity index (χ1v) is 8.71. The van der Waals surface area contributed by atoms with Gasteiger partial charge in [0, 0.05) is 0 Å². The quantitative estimate of drug-likeness (QED) is 0.485. The van der Waals surface area contributed by atoms with E-state index in [1.807, 2.05) is 25.1 Å². The van der Waals surface area contributed by atoms with Crippen molar-refractivity contribution in [2.75, 3.05) is 13.7 Å². The predicted octanol–water partition coefficient (Wildman–Crippen LogP) is 4.45. The number of para-hydroxylation sites is 2. The molecule has 6 nitrogen and oxygen atoms in total. The van der Waals surface area contributed by atoms with Gasteiger partial charge in [0.2, 0.25) is 0 Å². The molecule has 0 atom stereocenters. The number of aliphatic carboxylic acids is 1. The molecule has 1 aromatic heterocycles. The van der Waals surface area contributed by atoms with Crippen molar-refractivity contribution in [3.05, 3.63) is 52.9 Å². The number of oxazole rings is 1. The van der Waals surface area contributed by atoms with E-state index in [1.165, 1.54) is 7.11 Å². The van der Waals surface area contributed by atoms with Gasteiger partial charge in [-0.05, 0) is 54.6 Å². The number of fused-ring (bicyclic) bond motifs is 1. The Hall–Kier alpha value is -2.93. The highest BCUT2D eigenvalue weighted by Crippen LogP contribution is 2.33. The summed E-state index contributed by atoms with van der Waals surface area (Å²) in [6.45, 7) is 2.40. The first-order chi connectivity index (χ1) is 12.6. The van der Waals surface area contributed by atoms with Gasteiger partial charge in [0.15, 0.2) is 17.1 Å². The molecule has 3 rings (SSSR count). The van der Waals surface area contributed by atoms with Crippen molar-refractivity contribution in [3.8, 4) is 11.5 Å². The summed E-state index contributed by atoms with van der Waals surface area (Å²) in [5.74, 6) is 0.0814. The highest BCUT2D eigenvalue weighted by Gasteiger charge is 2.15. The second-order valence-corrected chi connectivity index (χ2v) is 6.20. The smallest absolute Gasteiger partial charge is 0.342 e. The van der Waals surface area contributed by atoms with Gasteiger partial charge in [-0.15, -0.1) is 0 Å². The summed E-state index contributed by atoms with van der Waals surface area (Å²) in [5.41, 5.74) is 1.97. The number of thioether (sulfide) groups is 1. The van der Waals surface area contributed by atoms with Crippen LogP contribution in [0.25, 0.3) is 17.2 Å². The predicted molar refractivity (Wildman–Crippen MR) is 99.6 cm³/mol. The summed E-state index contributed by atoms with van der Waals surface area (Å²) in [5, 5.41) is 9.80. The van der Waals surface area contributed by atoms with E-state index in [0.717, 1.165) is 11.8 Å². The molecule has 26 heavy (non-hydrogen) atoms. The van der Waals surface area contributed by atoms with Gasteiger partial charge in [-0.1, -0.05) is 18.2 Å². The van der Waals surface area contributed by atoms with E-state index in [9.17, 15) is 9.90 Å². The molecule has 0 radical (unpaired) electrons. The van der Waals surface area contributed by atoms with E-state index in [4.69, 9.17) is 13.9 Å². The maximum atomic E-state index is 11.6. The lowest BCUT2D eigenvalue weighted by Gasteiger charge is -2.09. The number of benzene rings is 2. The Bertz CT molecular complexity index is 930. The fourth-order valence-corrected chi connectivity index (χ4v) is 3.07. The number of carboxylic acids is 1. The van der Waals surface area contributed by atoms with Crippen LogP contribution in [0.15, 0.2) is 57.0 Å². The molecule has 0 saturated heterocycles. The Morgan fingerprint density at radius 1 is 1.27 bits per heavy atom. The second kappa shape index (κ2) is 7.97. The van der Waals surface area contributed by atoms with E-state index in [0.29, 0.717) is 34.8 Å². The van der Waals surface area contributed by atoms with Crippen LogP contribution in [0.2, 0.25) is 0 Å². The Kier molecular flexibility index (Phi) is 5.48. The van der Waals surface area contributed by atoms with E-state index in [2.05, 4.69) is 4.98 Å². The van der Waals surface area contributed by atoms with Gasteiger partial charge in [-0.3, -0.25) is 0 Å². The third kappa shape index (κ3) is 4.00. The molecule has 0 bridgehead atoms. The Morgan fingerprint density at radius 3 is 2.77 bits per heavy atom. The first-order valence-electron chi connectivity index (χ1n) is 7.90. The number of methoxy groups -OCH3 is 1. The molecule has 0 aliphatic carbocycles. The Morgan fingerprint density at radius 2 is 2.08 bits per heavy atom. The largest absolute Gasteiger partial charge is 0.493 e. The molecular weight excluding hydrogens is 354 g/mol. The molecule has 0 amide bonds. The number of aromatic nitrogens is 1. The number of hydrogen-bond donors (Lipinski definition) is 1. The molecule has 1 heterocycles. The van der Waals surface area contributed by atoms with Crippen LogP contribution in [0.1, 0.15) is 12.5 Å². The summed E-state index contributed by atoms with van der Waals surface area (Å²) in [6, 6.07) is 12.5. The number of ether oxygens (including phenoxy) is 2. The van der Waals surface area contributed by atoms with Crippen molar-refractivity contribution in [2.45, 2.75) is 12.1 Å². The standard InChI is InChI=1S/C19H17NO5S/c1-3-24-15-9-8-12(10-16(15)23-2)11-17(18(21)22)26-19-20-13-6-4-5-7-14(13)25-19/h4-11H,3H2,1-2H3,(H,21,22)/b17-11+. The van der Waals surface area contributed by atoms with Crippen LogP contribution in [0.5, 0.6) is 11.5 Å². The normalized spacial score (nSPS) is 11.5. The van der Waals surface area contributed by atoms with Crippen molar-refractivity contribution in [2.24, 2.45) is 0 Å². The lowest BCUT2D eigenvalue weighted by atomic mass is 10.2. The van der Waals surface area contributed by atoms with Gasteiger partial charge in [0.1, 0.15) is 10.4 Å². The lowest BCUT2D eigenvalue weighted by Crippen LogP contribution is -1.98. The van der Waals surface area contributed by atoms with Crippen molar-refractivity contribution in [1.82, 2.24) is 4.98 Å². The summed E-state index contributed by atoms with van der Waals surface area (Å²) in [7, 11) is 1.54. The highest BCUT2D eigenvalue weighted by atomic mass is 32.2. The highest BCUT2D eigenvalue weighted by molar-refractivity contribution is 8.03. The summed E-state index contributed by atoms with van der Waals surface area (Å²) >= 11 is 0.957. The van der Waals surface area contributed by atoms with E-state index >= 15 is 0 Å². The van der Waals surface area contributed by atoms with Crippen molar-refractivity contribution in [3.63, 3.8) is 0 Å². The summed E-state index contributed by atoms with van der Waals surface area (Å²) in [4.78, 5) is 16.0. The molecule has 7 heteroatoms. The zero-order valence-electron chi connectivity index (χ0n) is 14.3. The first kappa shape index (κ1) is 17.9. The number of hydrogen-bond acceptors (Lipinski definition) is 6. The fourth-order valence-electron chi connectivity index (χ4n) is 2.32. The van der Waals surface area contributed by atoms with Gasteiger partial charge in [0.25, 0.3) is 5.22 Å². The maximum absolute atomic E-state index is 11.6. The molecule has 134 valence electrons. The zero-order valence-corrected chi connectivity index (χ0v) is 15.1. The van der Waals surface area contributed by atoms with Gasteiger partial charge in [-0.25, -0.2) is 9.78 Å². The van der Waals surface area contributed by atoms with Crippen LogP contribution in [-0.4, -0.2) is 29.8 Å². The molecule has 0 aliphatic rings. The zero-order chi connectivity index (χ0) is 18.5. The molecule has 0 fully saturated rings. The van der Waals surface area contributed by atoms with Crippen LogP contribution in [0.4, 0.5) is 0 Å². The van der Waals surface area contributed by atoms with Crippen molar-refractivity contribution < 1.29 is 23.8 Å². The summed E-state index contributed by atoms with van der Waals surface area (Å²) in [6.07, 6.45) is 1.54. The molecular formula is C19H17NO5S. The van der Waals surface area contributed by atoms with E-state index < -0.39 is 5.97 Å². The Labute approximate surface area is 154 Å². The monoisotopic (exact) mass is 371 g/mol. The minimum atomic E-state index is -1.06. The number of carboxylic acid groups (broad SMARTS) is 1. The minimum Gasteiger partial charge on any atom is -0.493 e. The summed E-state index contributed by atoms with van der Waals surface area (Å²) < 4.78 is 16.4. The van der Waals surface area contributed by atoms with Gasteiger partial charge in [0.05, 0.1) is 13.7 Å². The van der Waals surface area contributed by atoms with Crippen molar-refractivity contribution >= 4 is 34.9 Å². The molecule has 1 N–H and O–H groups in total. The van der Waals surface area contributed by atoms with E-state index in [-0.39, 0.29) is 10.1 Å². The average molecular weight is 371 g/mol. The number of rotatable bonds is 7. The molecule has 2 aromatic carbocycles. The Balaban J connectivity index is 1.90. The van der Waals surface area contributed by atoms with Crippen LogP contribution >= 0.6 is 11.8 Å². The van der Waals surface area contributed by atoms with Gasteiger partial charge >= 0.3 is 5.97 Å². The van der Waals surface area contributed by atoms with Gasteiger partial charge < -0.3 is 19.0 Å². The van der Waals surface area contributed by atoms with Crippen molar-refractivity contribution in [1.29, 1.82) is 0 Å². The lowest BCUT2D eigenvalue weighted by molar-refractivity contribution is -0.131. The fraction of sp³-hybridized carbons (Fsp3) is 0.158. The van der Waals surface area contributed by atoms with Crippen LogP contribution in [-0.2, 0) is 4.79 Å². The van der Waals surface area contributed by atoms with Crippen LogP contribution < -0.4 is 9.47 Å². The van der Waals surface area contributed by atoms with Crippen LogP contribution in [0.3, 0.4) is 0 Å². The minimum absolute atomic E-state index is 0.0859.